The number of carbonyl (C=O) groups excluding carboxylic acids is 1. The summed E-state index contributed by atoms with van der Waals surface area (Å²) in [7, 11) is 0. The Morgan fingerprint density at radius 1 is 1.64 bits per heavy atom. The Bertz CT molecular complexity index is 313. The summed E-state index contributed by atoms with van der Waals surface area (Å²) in [5, 5.41) is -3.53. The predicted molar refractivity (Wildman–Crippen MR) is 45.3 cm³/mol. The fourth-order valence-electron chi connectivity index (χ4n) is 0.714. The molecule has 6 heteroatoms. The molecule has 76 valence electrons. The van der Waals surface area contributed by atoms with E-state index in [1.165, 1.54) is 24.5 Å². The summed E-state index contributed by atoms with van der Waals surface area (Å²) in [5.41, 5.74) is 0.105. The summed E-state index contributed by atoms with van der Waals surface area (Å²) in [5.74, 6) is -0.876. The van der Waals surface area contributed by atoms with E-state index in [-0.39, 0.29) is 5.56 Å². The van der Waals surface area contributed by atoms with Crippen LogP contribution in [0.5, 0.6) is 0 Å². The highest BCUT2D eigenvalue weighted by molar-refractivity contribution is 6.21. The molecule has 14 heavy (non-hydrogen) atoms. The first kappa shape index (κ1) is 10.8. The highest BCUT2D eigenvalue weighted by Gasteiger charge is 2.27. The molecule has 0 aliphatic heterocycles. The van der Waals surface area contributed by atoms with Crippen molar-refractivity contribution in [1.29, 1.82) is 0 Å². The monoisotopic (exact) mass is 221 g/mol. The largest absolute Gasteiger partial charge is 0.454 e. The van der Waals surface area contributed by atoms with Crippen molar-refractivity contribution in [2.45, 2.75) is 5.38 Å². The molecule has 0 amide bonds. The molecule has 3 nitrogen and oxygen atoms in total. The van der Waals surface area contributed by atoms with Crippen molar-refractivity contribution in [3.8, 4) is 0 Å². The van der Waals surface area contributed by atoms with Gasteiger partial charge in [-0.15, -0.1) is 0 Å². The van der Waals surface area contributed by atoms with E-state index in [1.807, 2.05) is 0 Å². The molecule has 0 spiro atoms. The quantitative estimate of drug-likeness (QED) is 0.579. The minimum atomic E-state index is -3.53. The zero-order valence-electron chi connectivity index (χ0n) is 6.91. The minimum absolute atomic E-state index is 0.105. The van der Waals surface area contributed by atoms with Crippen molar-refractivity contribution in [3.63, 3.8) is 0 Å². The van der Waals surface area contributed by atoms with Crippen LogP contribution < -0.4 is 0 Å². The van der Waals surface area contributed by atoms with Crippen LogP contribution in [-0.2, 0) is 4.74 Å². The molecule has 0 aliphatic carbocycles. The summed E-state index contributed by atoms with van der Waals surface area (Å²) < 4.78 is 28.4. The van der Waals surface area contributed by atoms with E-state index >= 15 is 0 Å². The van der Waals surface area contributed by atoms with Crippen LogP contribution in [0.1, 0.15) is 10.4 Å². The molecule has 0 bridgehead atoms. The average Bonchev–Trinajstić information content (AvgIpc) is 2.14. The van der Waals surface area contributed by atoms with E-state index in [2.05, 4.69) is 21.3 Å². The van der Waals surface area contributed by atoms with Gasteiger partial charge >= 0.3 is 11.4 Å². The van der Waals surface area contributed by atoms with Crippen molar-refractivity contribution in [3.05, 3.63) is 30.1 Å². The Morgan fingerprint density at radius 2 is 2.36 bits per heavy atom. The van der Waals surface area contributed by atoms with Crippen molar-refractivity contribution in [2.24, 2.45) is 0 Å². The normalized spacial score (nSPS) is 11.1. The molecule has 0 unspecified atom stereocenters. The van der Waals surface area contributed by atoms with Gasteiger partial charge < -0.3 is 4.74 Å². The number of hydrogen-bond acceptors (Lipinski definition) is 3. The van der Waals surface area contributed by atoms with Gasteiger partial charge in [0, 0.05) is 12.4 Å². The highest BCUT2D eigenvalue weighted by Crippen LogP contribution is 2.19. The maximum Gasteiger partial charge on any atom is 0.355 e. The first-order valence-corrected chi connectivity index (χ1v) is 4.01. The van der Waals surface area contributed by atoms with Gasteiger partial charge in [0.2, 0.25) is 0 Å². The van der Waals surface area contributed by atoms with Crippen LogP contribution in [0.2, 0.25) is 0 Å². The van der Waals surface area contributed by atoms with Crippen molar-refractivity contribution < 1.29 is 18.3 Å². The second-order valence-corrected chi connectivity index (χ2v) is 2.99. The molecule has 1 aromatic heterocycles. The number of esters is 1. The Labute approximate surface area is 83.7 Å². The standard InChI is InChI=1S/C8H6ClF2NO2/c9-8(10,11)5-14-7(13)6-2-1-3-12-4-6/h1-4H,5H2. The van der Waals surface area contributed by atoms with Crippen LogP contribution in [0.4, 0.5) is 8.78 Å². The Balaban J connectivity index is 2.52. The van der Waals surface area contributed by atoms with Gasteiger partial charge in [-0.2, -0.15) is 8.78 Å². The smallest absolute Gasteiger partial charge is 0.355 e. The van der Waals surface area contributed by atoms with Gasteiger partial charge in [0.05, 0.1) is 5.56 Å². The number of carbonyl (C=O) groups is 1. The molecule has 0 aliphatic rings. The minimum Gasteiger partial charge on any atom is -0.454 e. The van der Waals surface area contributed by atoms with E-state index < -0.39 is 18.0 Å². The summed E-state index contributed by atoms with van der Waals surface area (Å²) in [4.78, 5) is 14.7. The topological polar surface area (TPSA) is 39.2 Å². The Morgan fingerprint density at radius 3 is 2.86 bits per heavy atom. The average molecular weight is 222 g/mol. The molecular formula is C8H6ClF2NO2. The lowest BCUT2D eigenvalue weighted by Gasteiger charge is -2.08. The maximum atomic E-state index is 12.1. The molecule has 1 heterocycles. The number of pyridine rings is 1. The van der Waals surface area contributed by atoms with Crippen molar-refractivity contribution >= 4 is 17.6 Å². The lowest BCUT2D eigenvalue weighted by molar-refractivity contribution is -0.00451. The fraction of sp³-hybridized carbons (Fsp3) is 0.250. The van der Waals surface area contributed by atoms with Crippen LogP contribution in [0.3, 0.4) is 0 Å². The van der Waals surface area contributed by atoms with Crippen LogP contribution in [-0.4, -0.2) is 22.9 Å². The third-order valence-electron chi connectivity index (χ3n) is 1.26. The van der Waals surface area contributed by atoms with Crippen LogP contribution in [0.15, 0.2) is 24.5 Å². The van der Waals surface area contributed by atoms with E-state index in [4.69, 9.17) is 0 Å². The van der Waals surface area contributed by atoms with Crippen molar-refractivity contribution in [1.82, 2.24) is 4.98 Å². The number of alkyl halides is 3. The first-order chi connectivity index (χ1) is 6.49. The Hall–Kier alpha value is -1.23. The number of ether oxygens (including phenoxy) is 1. The highest BCUT2D eigenvalue weighted by atomic mass is 35.5. The van der Waals surface area contributed by atoms with E-state index in [0.29, 0.717) is 0 Å². The van der Waals surface area contributed by atoms with Gasteiger partial charge in [0.1, 0.15) is 0 Å². The molecule has 0 radical (unpaired) electrons. The predicted octanol–water partition coefficient (Wildman–Crippen LogP) is 2.07. The number of halogens is 3. The lowest BCUT2D eigenvalue weighted by Crippen LogP contribution is -2.19. The zero-order chi connectivity index (χ0) is 10.6. The van der Waals surface area contributed by atoms with Crippen molar-refractivity contribution in [2.75, 3.05) is 6.61 Å². The Kier molecular flexibility index (Phi) is 3.35. The molecule has 0 saturated heterocycles. The molecule has 0 saturated carbocycles. The third kappa shape index (κ3) is 3.66. The third-order valence-corrected chi connectivity index (χ3v) is 1.37. The van der Waals surface area contributed by atoms with Gasteiger partial charge in [-0.3, -0.25) is 4.98 Å². The molecule has 0 fully saturated rings. The molecule has 0 N–H and O–H groups in total. The van der Waals surface area contributed by atoms with E-state index in [9.17, 15) is 13.6 Å². The maximum absolute atomic E-state index is 12.1. The SMILES string of the molecule is O=C(OCC(F)(F)Cl)c1cccnc1. The number of hydrogen-bond donors (Lipinski definition) is 0. The van der Waals surface area contributed by atoms with Crippen LogP contribution in [0, 0.1) is 0 Å². The fourth-order valence-corrected chi connectivity index (χ4v) is 0.769. The van der Waals surface area contributed by atoms with Gasteiger partial charge in [-0.25, -0.2) is 4.79 Å². The molecule has 1 aromatic rings. The lowest BCUT2D eigenvalue weighted by atomic mass is 10.3. The number of rotatable bonds is 3. The number of aromatic nitrogens is 1. The summed E-state index contributed by atoms with van der Waals surface area (Å²) in [6.45, 7) is -1.15. The van der Waals surface area contributed by atoms with Gasteiger partial charge in [0.15, 0.2) is 6.61 Å². The van der Waals surface area contributed by atoms with Gasteiger partial charge in [-0.1, -0.05) is 0 Å². The van der Waals surface area contributed by atoms with E-state index in [0.717, 1.165) is 0 Å². The summed E-state index contributed by atoms with van der Waals surface area (Å²) in [6, 6.07) is 2.90. The molecular weight excluding hydrogens is 216 g/mol. The number of nitrogens with zero attached hydrogens (tertiary/aromatic N) is 1. The second-order valence-electron chi connectivity index (χ2n) is 2.43. The summed E-state index contributed by atoms with van der Waals surface area (Å²) in [6.07, 6.45) is 2.67. The second kappa shape index (κ2) is 4.32. The molecule has 1 rings (SSSR count). The van der Waals surface area contributed by atoms with Crippen LogP contribution in [0.25, 0.3) is 0 Å². The summed E-state index contributed by atoms with van der Waals surface area (Å²) >= 11 is 4.54. The first-order valence-electron chi connectivity index (χ1n) is 3.63. The van der Waals surface area contributed by atoms with Gasteiger partial charge in [0.25, 0.3) is 0 Å². The zero-order valence-corrected chi connectivity index (χ0v) is 7.67. The molecule has 0 aromatic carbocycles. The van der Waals surface area contributed by atoms with E-state index in [1.54, 1.807) is 0 Å². The van der Waals surface area contributed by atoms with Crippen LogP contribution >= 0.6 is 11.6 Å². The molecule has 0 atom stereocenters. The van der Waals surface area contributed by atoms with Gasteiger partial charge in [-0.05, 0) is 23.7 Å².